The predicted molar refractivity (Wildman–Crippen MR) is 110 cm³/mol. The lowest BCUT2D eigenvalue weighted by molar-refractivity contribution is -0.128. The molecule has 0 bridgehead atoms. The van der Waals surface area contributed by atoms with Crippen LogP contribution in [0.2, 0.25) is 0 Å². The van der Waals surface area contributed by atoms with Crippen LogP contribution in [0.4, 0.5) is 0 Å². The van der Waals surface area contributed by atoms with Gasteiger partial charge in [-0.2, -0.15) is 0 Å². The zero-order valence-electron chi connectivity index (χ0n) is 16.8. The molecule has 1 atom stereocenters. The van der Waals surface area contributed by atoms with Crippen LogP contribution in [0.3, 0.4) is 0 Å². The molecule has 1 aliphatic heterocycles. The third-order valence-electron chi connectivity index (χ3n) is 6.09. The van der Waals surface area contributed by atoms with Crippen molar-refractivity contribution in [2.75, 3.05) is 13.7 Å². The molecule has 148 valence electrons. The summed E-state index contributed by atoms with van der Waals surface area (Å²) >= 11 is 0. The second kappa shape index (κ2) is 8.26. The summed E-state index contributed by atoms with van der Waals surface area (Å²) in [6.45, 7) is 3.54. The second-order valence-electron chi connectivity index (χ2n) is 8.04. The zero-order valence-corrected chi connectivity index (χ0v) is 16.8. The molecule has 4 heteroatoms. The van der Waals surface area contributed by atoms with Crippen molar-refractivity contribution in [2.24, 2.45) is 0 Å². The smallest absolute Gasteiger partial charge is 0.223 e. The van der Waals surface area contributed by atoms with Gasteiger partial charge in [0.25, 0.3) is 0 Å². The fraction of sp³-hybridized carbons (Fsp3) is 0.458. The topological polar surface area (TPSA) is 38.8 Å². The minimum atomic E-state index is 0.202. The summed E-state index contributed by atoms with van der Waals surface area (Å²) in [5.41, 5.74) is 3.61. The summed E-state index contributed by atoms with van der Waals surface area (Å²) in [5.74, 6) is 2.02. The molecule has 2 aliphatic rings. The van der Waals surface area contributed by atoms with Crippen LogP contribution in [0.5, 0.6) is 11.5 Å². The highest BCUT2D eigenvalue weighted by Crippen LogP contribution is 2.37. The van der Waals surface area contributed by atoms with E-state index in [0.717, 1.165) is 36.4 Å². The molecule has 0 radical (unpaired) electrons. The lowest BCUT2D eigenvalue weighted by atomic mass is 9.98. The summed E-state index contributed by atoms with van der Waals surface area (Å²) in [6, 6.07) is 14.4. The Balaban J connectivity index is 1.49. The number of carbonyl (C=O) groups is 1. The van der Waals surface area contributed by atoms with Gasteiger partial charge in [-0.3, -0.25) is 4.79 Å². The summed E-state index contributed by atoms with van der Waals surface area (Å²) in [7, 11) is 1.68. The van der Waals surface area contributed by atoms with Crippen LogP contribution in [0.1, 0.15) is 54.7 Å². The largest absolute Gasteiger partial charge is 0.493 e. The Morgan fingerprint density at radius 2 is 1.86 bits per heavy atom. The van der Waals surface area contributed by atoms with Gasteiger partial charge in [-0.25, -0.2) is 0 Å². The highest BCUT2D eigenvalue weighted by molar-refractivity contribution is 5.80. The summed E-state index contributed by atoms with van der Waals surface area (Å²) in [4.78, 5) is 14.6. The molecular weight excluding hydrogens is 350 g/mol. The Morgan fingerprint density at radius 3 is 2.61 bits per heavy atom. The highest BCUT2D eigenvalue weighted by Gasteiger charge is 2.31. The predicted octanol–water partition coefficient (Wildman–Crippen LogP) is 4.84. The van der Waals surface area contributed by atoms with Crippen LogP contribution in [-0.2, 0) is 11.3 Å². The number of amides is 1. The first-order valence-corrected chi connectivity index (χ1v) is 10.3. The van der Waals surface area contributed by atoms with E-state index in [1.54, 1.807) is 7.11 Å². The standard InChI is InChI=1S/C24H29NO3/c1-17-7-3-4-8-19(17)15-25-16-20(14-24(25)26)18-11-12-22(27-2)23(13-18)28-21-9-5-6-10-21/h3-4,7-8,11-13,20-21H,5-6,9-10,14-16H2,1-2H3/t20-/m0/s1. The van der Waals surface area contributed by atoms with Gasteiger partial charge in [0.05, 0.1) is 13.2 Å². The average molecular weight is 380 g/mol. The van der Waals surface area contributed by atoms with E-state index in [1.165, 1.54) is 24.0 Å². The van der Waals surface area contributed by atoms with Crippen LogP contribution in [0.25, 0.3) is 0 Å². The van der Waals surface area contributed by atoms with Crippen molar-refractivity contribution in [3.8, 4) is 11.5 Å². The molecule has 0 N–H and O–H groups in total. The molecule has 0 unspecified atom stereocenters. The van der Waals surface area contributed by atoms with Crippen molar-refractivity contribution in [2.45, 2.75) is 57.6 Å². The van der Waals surface area contributed by atoms with Crippen molar-refractivity contribution < 1.29 is 14.3 Å². The normalized spacial score (nSPS) is 20.0. The molecule has 2 fully saturated rings. The Labute approximate surface area is 167 Å². The quantitative estimate of drug-likeness (QED) is 0.721. The van der Waals surface area contributed by atoms with E-state index in [1.807, 2.05) is 23.1 Å². The number of aryl methyl sites for hydroxylation is 1. The maximum absolute atomic E-state index is 12.6. The Kier molecular flexibility index (Phi) is 5.56. The molecule has 1 amide bonds. The maximum atomic E-state index is 12.6. The van der Waals surface area contributed by atoms with E-state index >= 15 is 0 Å². The van der Waals surface area contributed by atoms with E-state index in [4.69, 9.17) is 9.47 Å². The SMILES string of the molecule is COc1ccc([C@H]2CC(=O)N(Cc3ccccc3C)C2)cc1OC1CCCC1. The Bertz CT molecular complexity index is 841. The van der Waals surface area contributed by atoms with E-state index in [-0.39, 0.29) is 17.9 Å². The van der Waals surface area contributed by atoms with Gasteiger partial charge in [0, 0.05) is 25.4 Å². The molecule has 1 saturated heterocycles. The van der Waals surface area contributed by atoms with Crippen molar-refractivity contribution in [1.29, 1.82) is 0 Å². The van der Waals surface area contributed by atoms with Gasteiger partial charge in [-0.05, 0) is 61.4 Å². The van der Waals surface area contributed by atoms with Gasteiger partial charge in [0.2, 0.25) is 5.91 Å². The van der Waals surface area contributed by atoms with Crippen LogP contribution in [0.15, 0.2) is 42.5 Å². The van der Waals surface area contributed by atoms with E-state index in [0.29, 0.717) is 13.0 Å². The number of benzene rings is 2. The number of hydrogen-bond donors (Lipinski definition) is 0. The van der Waals surface area contributed by atoms with Crippen LogP contribution in [-0.4, -0.2) is 30.6 Å². The molecule has 0 aromatic heterocycles. The van der Waals surface area contributed by atoms with Crippen LogP contribution in [0, 0.1) is 6.92 Å². The molecule has 1 heterocycles. The summed E-state index contributed by atoms with van der Waals surface area (Å²) in [5, 5.41) is 0. The van der Waals surface area contributed by atoms with Crippen molar-refractivity contribution in [1.82, 2.24) is 4.90 Å². The molecule has 4 nitrogen and oxygen atoms in total. The third-order valence-corrected chi connectivity index (χ3v) is 6.09. The fourth-order valence-corrected chi connectivity index (χ4v) is 4.37. The number of ether oxygens (including phenoxy) is 2. The molecule has 0 spiro atoms. The van der Waals surface area contributed by atoms with Gasteiger partial charge >= 0.3 is 0 Å². The number of likely N-dealkylation sites (tertiary alicyclic amines) is 1. The molecular formula is C24H29NO3. The average Bonchev–Trinajstić information content (AvgIpc) is 3.34. The summed E-state index contributed by atoms with van der Waals surface area (Å²) < 4.78 is 11.7. The first-order valence-electron chi connectivity index (χ1n) is 10.3. The van der Waals surface area contributed by atoms with Crippen LogP contribution >= 0.6 is 0 Å². The number of rotatable bonds is 6. The van der Waals surface area contributed by atoms with Gasteiger partial charge in [0.15, 0.2) is 11.5 Å². The molecule has 1 saturated carbocycles. The van der Waals surface area contributed by atoms with Gasteiger partial charge in [0.1, 0.15) is 0 Å². The fourth-order valence-electron chi connectivity index (χ4n) is 4.37. The van der Waals surface area contributed by atoms with E-state index in [2.05, 4.69) is 31.2 Å². The molecule has 2 aromatic rings. The van der Waals surface area contributed by atoms with Gasteiger partial charge in [-0.15, -0.1) is 0 Å². The highest BCUT2D eigenvalue weighted by atomic mass is 16.5. The zero-order chi connectivity index (χ0) is 19.5. The second-order valence-corrected chi connectivity index (χ2v) is 8.04. The number of hydrogen-bond acceptors (Lipinski definition) is 3. The minimum absolute atomic E-state index is 0.202. The monoisotopic (exact) mass is 379 g/mol. The minimum Gasteiger partial charge on any atom is -0.493 e. The Hall–Kier alpha value is -2.49. The molecule has 28 heavy (non-hydrogen) atoms. The third kappa shape index (κ3) is 4.01. The molecule has 4 rings (SSSR count). The van der Waals surface area contributed by atoms with E-state index in [9.17, 15) is 4.79 Å². The van der Waals surface area contributed by atoms with Crippen molar-refractivity contribution in [3.63, 3.8) is 0 Å². The molecule has 1 aliphatic carbocycles. The first-order chi connectivity index (χ1) is 13.6. The first kappa shape index (κ1) is 18.9. The Morgan fingerprint density at radius 1 is 1.07 bits per heavy atom. The summed E-state index contributed by atoms with van der Waals surface area (Å²) in [6.07, 6.45) is 5.53. The number of nitrogens with zero attached hydrogens (tertiary/aromatic N) is 1. The molecule has 2 aromatic carbocycles. The number of methoxy groups -OCH3 is 1. The van der Waals surface area contributed by atoms with Crippen molar-refractivity contribution >= 4 is 5.91 Å². The van der Waals surface area contributed by atoms with Gasteiger partial charge in [-0.1, -0.05) is 30.3 Å². The lowest BCUT2D eigenvalue weighted by Gasteiger charge is -2.20. The van der Waals surface area contributed by atoms with Crippen LogP contribution < -0.4 is 9.47 Å². The maximum Gasteiger partial charge on any atom is 0.223 e. The van der Waals surface area contributed by atoms with Crippen molar-refractivity contribution in [3.05, 3.63) is 59.2 Å². The number of carbonyl (C=O) groups excluding carboxylic acids is 1. The van der Waals surface area contributed by atoms with E-state index < -0.39 is 0 Å². The lowest BCUT2D eigenvalue weighted by Crippen LogP contribution is -2.24. The van der Waals surface area contributed by atoms with Gasteiger partial charge < -0.3 is 14.4 Å².